The number of rotatable bonds is 12. The van der Waals surface area contributed by atoms with Gasteiger partial charge in [-0.15, -0.1) is 0 Å². The minimum absolute atomic E-state index is 0.0290. The summed E-state index contributed by atoms with van der Waals surface area (Å²) in [7, 11) is 3.27. The van der Waals surface area contributed by atoms with Crippen molar-refractivity contribution in [3.8, 4) is 11.5 Å². The van der Waals surface area contributed by atoms with Gasteiger partial charge in [0.15, 0.2) is 17.5 Å². The molecule has 3 N–H and O–H groups in total. The Morgan fingerprint density at radius 2 is 1.59 bits per heavy atom. The fourth-order valence-corrected chi connectivity index (χ4v) is 3.12. The number of aliphatic imine (C=N–C) groups is 1. The van der Waals surface area contributed by atoms with Gasteiger partial charge in [0.2, 0.25) is 0 Å². The number of ether oxygens (including phenoxy) is 2. The molecule has 0 aliphatic rings. The maximum Gasteiger partial charge on any atom is 0.251 e. The van der Waals surface area contributed by atoms with E-state index in [1.807, 2.05) is 49.4 Å². The van der Waals surface area contributed by atoms with Gasteiger partial charge in [0, 0.05) is 25.2 Å². The third-order valence-electron chi connectivity index (χ3n) is 4.95. The van der Waals surface area contributed by atoms with Crippen LogP contribution in [0.4, 0.5) is 0 Å². The van der Waals surface area contributed by atoms with Crippen molar-refractivity contribution in [2.75, 3.05) is 33.9 Å². The van der Waals surface area contributed by atoms with E-state index >= 15 is 0 Å². The molecule has 32 heavy (non-hydrogen) atoms. The first-order valence-corrected chi connectivity index (χ1v) is 11.2. The predicted octanol–water partition coefficient (Wildman–Crippen LogP) is 3.53. The molecular weight excluding hydrogens is 404 g/mol. The van der Waals surface area contributed by atoms with Crippen molar-refractivity contribution in [3.05, 3.63) is 59.2 Å². The number of carbonyl (C=O) groups is 1. The van der Waals surface area contributed by atoms with Crippen LogP contribution in [0.25, 0.3) is 0 Å². The van der Waals surface area contributed by atoms with Crippen LogP contribution in [0.2, 0.25) is 0 Å². The highest BCUT2D eigenvalue weighted by Gasteiger charge is 2.06. The molecule has 2 rings (SSSR count). The van der Waals surface area contributed by atoms with Gasteiger partial charge in [-0.25, -0.2) is 4.99 Å². The second-order valence-electron chi connectivity index (χ2n) is 7.37. The molecule has 0 aliphatic heterocycles. The molecule has 7 heteroatoms. The van der Waals surface area contributed by atoms with Crippen LogP contribution in [0.15, 0.2) is 47.5 Å². The normalized spacial score (nSPS) is 11.1. The van der Waals surface area contributed by atoms with Crippen molar-refractivity contribution in [2.45, 2.75) is 39.7 Å². The second-order valence-corrected chi connectivity index (χ2v) is 7.37. The van der Waals surface area contributed by atoms with Crippen LogP contribution in [-0.2, 0) is 13.0 Å². The molecule has 1 amide bonds. The third-order valence-corrected chi connectivity index (χ3v) is 4.95. The molecule has 2 aromatic carbocycles. The maximum atomic E-state index is 12.1. The van der Waals surface area contributed by atoms with Crippen LogP contribution >= 0.6 is 0 Å². The van der Waals surface area contributed by atoms with Crippen LogP contribution in [0.5, 0.6) is 11.5 Å². The van der Waals surface area contributed by atoms with Crippen molar-refractivity contribution in [1.82, 2.24) is 16.0 Å². The van der Waals surface area contributed by atoms with E-state index in [0.29, 0.717) is 18.7 Å². The smallest absolute Gasteiger partial charge is 0.251 e. The molecule has 0 bridgehead atoms. The minimum atomic E-state index is -0.0290. The van der Waals surface area contributed by atoms with E-state index in [1.54, 1.807) is 14.2 Å². The summed E-state index contributed by atoms with van der Waals surface area (Å²) in [5.74, 6) is 2.18. The lowest BCUT2D eigenvalue weighted by Crippen LogP contribution is -2.38. The molecule has 0 spiro atoms. The van der Waals surface area contributed by atoms with Crippen LogP contribution in [-0.4, -0.2) is 45.7 Å². The maximum absolute atomic E-state index is 12.1. The summed E-state index contributed by atoms with van der Waals surface area (Å²) < 4.78 is 10.7. The minimum Gasteiger partial charge on any atom is -0.493 e. The van der Waals surface area contributed by atoms with Gasteiger partial charge in [-0.05, 0) is 55.2 Å². The molecule has 7 nitrogen and oxygen atoms in total. The molecule has 0 fully saturated rings. The van der Waals surface area contributed by atoms with Crippen molar-refractivity contribution in [2.24, 2.45) is 4.99 Å². The first-order chi connectivity index (χ1) is 15.6. The average molecular weight is 441 g/mol. The summed E-state index contributed by atoms with van der Waals surface area (Å²) in [4.78, 5) is 16.8. The fraction of sp³-hybridized carbons (Fsp3) is 0.440. The van der Waals surface area contributed by atoms with E-state index in [0.717, 1.165) is 60.9 Å². The van der Waals surface area contributed by atoms with Gasteiger partial charge in [0.25, 0.3) is 5.91 Å². The highest BCUT2D eigenvalue weighted by Crippen LogP contribution is 2.27. The van der Waals surface area contributed by atoms with Gasteiger partial charge >= 0.3 is 0 Å². The average Bonchev–Trinajstić information content (AvgIpc) is 2.82. The SMILES string of the molecule is CCCCNC(=O)c1ccc(CN=C(NCC)NCCc2ccc(OC)c(OC)c2)cc1. The standard InChI is InChI=1S/C25H36N4O3/c1-5-7-15-27-24(30)21-11-8-20(9-12-21)18-29-25(26-6-2)28-16-14-19-10-13-22(31-3)23(17-19)32-4/h8-13,17H,5-7,14-16,18H2,1-4H3,(H,27,30)(H2,26,28,29). The highest BCUT2D eigenvalue weighted by atomic mass is 16.5. The molecule has 0 aliphatic carbocycles. The van der Waals surface area contributed by atoms with Gasteiger partial charge in [-0.1, -0.05) is 31.5 Å². The number of nitrogens with zero attached hydrogens (tertiary/aromatic N) is 1. The van der Waals surface area contributed by atoms with Gasteiger partial charge < -0.3 is 25.4 Å². The lowest BCUT2D eigenvalue weighted by molar-refractivity contribution is 0.0953. The molecule has 0 saturated carbocycles. The Bertz CT molecular complexity index is 866. The molecule has 2 aromatic rings. The lowest BCUT2D eigenvalue weighted by Gasteiger charge is -2.13. The van der Waals surface area contributed by atoms with E-state index in [9.17, 15) is 4.79 Å². The van der Waals surface area contributed by atoms with Gasteiger partial charge in [0.1, 0.15) is 0 Å². The Hall–Kier alpha value is -3.22. The number of unbranched alkanes of at least 4 members (excludes halogenated alkanes) is 1. The summed E-state index contributed by atoms with van der Waals surface area (Å²) in [5, 5.41) is 9.57. The molecule has 0 saturated heterocycles. The summed E-state index contributed by atoms with van der Waals surface area (Å²) in [6, 6.07) is 13.5. The number of methoxy groups -OCH3 is 2. The van der Waals surface area contributed by atoms with Crippen LogP contribution < -0.4 is 25.4 Å². The predicted molar refractivity (Wildman–Crippen MR) is 130 cm³/mol. The molecule has 0 heterocycles. The molecule has 0 radical (unpaired) electrons. The number of hydrogen-bond donors (Lipinski definition) is 3. The van der Waals surface area contributed by atoms with Gasteiger partial charge in [-0.2, -0.15) is 0 Å². The zero-order valence-electron chi connectivity index (χ0n) is 19.7. The zero-order valence-corrected chi connectivity index (χ0v) is 19.7. The topological polar surface area (TPSA) is 84.0 Å². The number of benzene rings is 2. The quantitative estimate of drug-likeness (QED) is 0.267. The van der Waals surface area contributed by atoms with E-state index in [4.69, 9.17) is 9.47 Å². The molecule has 174 valence electrons. The Labute approximate surface area is 191 Å². The molecule has 0 aromatic heterocycles. The van der Waals surface area contributed by atoms with Crippen molar-refractivity contribution in [3.63, 3.8) is 0 Å². The van der Waals surface area contributed by atoms with Crippen molar-refractivity contribution >= 4 is 11.9 Å². The first kappa shape index (κ1) is 25.0. The number of amides is 1. The van der Waals surface area contributed by atoms with E-state index in [1.165, 1.54) is 0 Å². The molecule has 0 atom stereocenters. The third kappa shape index (κ3) is 8.13. The Morgan fingerprint density at radius 3 is 2.25 bits per heavy atom. The molecular formula is C25H36N4O3. The van der Waals surface area contributed by atoms with E-state index in [2.05, 4.69) is 27.9 Å². The monoisotopic (exact) mass is 440 g/mol. The zero-order chi connectivity index (χ0) is 23.2. The highest BCUT2D eigenvalue weighted by molar-refractivity contribution is 5.94. The number of guanidine groups is 1. The van der Waals surface area contributed by atoms with Crippen LogP contribution in [0.1, 0.15) is 48.2 Å². The van der Waals surface area contributed by atoms with E-state index in [-0.39, 0.29) is 5.91 Å². The van der Waals surface area contributed by atoms with Crippen LogP contribution in [0.3, 0.4) is 0 Å². The van der Waals surface area contributed by atoms with Gasteiger partial charge in [0.05, 0.1) is 20.8 Å². The Kier molecular flexibility index (Phi) is 10.9. The summed E-state index contributed by atoms with van der Waals surface area (Å²) in [5.41, 5.74) is 2.87. The second kappa shape index (κ2) is 14.0. The lowest BCUT2D eigenvalue weighted by atomic mass is 10.1. The number of nitrogens with one attached hydrogen (secondary N) is 3. The largest absolute Gasteiger partial charge is 0.493 e. The Morgan fingerprint density at radius 1 is 0.875 bits per heavy atom. The number of hydrogen-bond acceptors (Lipinski definition) is 4. The summed E-state index contributed by atoms with van der Waals surface area (Å²) in [6.45, 7) is 6.90. The first-order valence-electron chi connectivity index (χ1n) is 11.2. The van der Waals surface area contributed by atoms with E-state index < -0.39 is 0 Å². The number of carbonyl (C=O) groups excluding carboxylic acids is 1. The summed E-state index contributed by atoms with van der Waals surface area (Å²) in [6.07, 6.45) is 2.88. The fourth-order valence-electron chi connectivity index (χ4n) is 3.12. The molecule has 0 unspecified atom stereocenters. The van der Waals surface area contributed by atoms with Gasteiger partial charge in [-0.3, -0.25) is 4.79 Å². The Balaban J connectivity index is 1.89. The summed E-state index contributed by atoms with van der Waals surface area (Å²) >= 11 is 0. The van der Waals surface area contributed by atoms with Crippen molar-refractivity contribution in [1.29, 1.82) is 0 Å². The van der Waals surface area contributed by atoms with Crippen LogP contribution in [0, 0.1) is 0 Å². The van der Waals surface area contributed by atoms with Crippen molar-refractivity contribution < 1.29 is 14.3 Å².